The summed E-state index contributed by atoms with van der Waals surface area (Å²) in [7, 11) is 0.968. The van der Waals surface area contributed by atoms with Crippen LogP contribution in [0.15, 0.2) is 48.5 Å². The maximum absolute atomic E-state index is 15.7. The number of carbonyl (C=O) groups excluding carboxylic acids is 1. The molecule has 3 aromatic carbocycles. The minimum atomic E-state index is -5.27. The molecule has 1 fully saturated rings. The summed E-state index contributed by atoms with van der Waals surface area (Å²) in [6, 6.07) is 2.02. The predicted molar refractivity (Wildman–Crippen MR) is 138 cm³/mol. The van der Waals surface area contributed by atoms with Gasteiger partial charge in [0.2, 0.25) is 0 Å². The van der Waals surface area contributed by atoms with Gasteiger partial charge in [-0.25, -0.2) is 9.18 Å². The highest BCUT2D eigenvalue weighted by Crippen LogP contribution is 2.45. The third kappa shape index (κ3) is 6.43. The van der Waals surface area contributed by atoms with E-state index in [9.17, 15) is 44.3 Å². The quantitative estimate of drug-likeness (QED) is 0.251. The Bertz CT molecular complexity index is 1780. The first kappa shape index (κ1) is 24.4. The van der Waals surface area contributed by atoms with Crippen LogP contribution in [0.4, 0.5) is 48.7 Å². The van der Waals surface area contributed by atoms with Gasteiger partial charge in [0.1, 0.15) is 17.7 Å². The molecular formula is C30H25F10NO3. The number of hydrogen-bond acceptors (Lipinski definition) is 3. The molecule has 238 valence electrons. The largest absolute Gasteiger partial charge is 0.496 e. The summed E-state index contributed by atoms with van der Waals surface area (Å²) in [6.45, 7) is -7.46. The monoisotopic (exact) mass is 644 g/mol. The van der Waals surface area contributed by atoms with Gasteiger partial charge in [0.05, 0.1) is 36.4 Å². The van der Waals surface area contributed by atoms with E-state index in [1.165, 1.54) is 0 Å². The molecular weight excluding hydrogens is 612 g/mol. The number of amides is 1. The highest BCUT2D eigenvalue weighted by atomic mass is 19.4. The molecule has 1 saturated heterocycles. The van der Waals surface area contributed by atoms with Crippen molar-refractivity contribution in [3.8, 4) is 16.9 Å². The normalized spacial score (nSPS) is 21.0. The summed E-state index contributed by atoms with van der Waals surface area (Å²) in [5, 5.41) is 0. The summed E-state index contributed by atoms with van der Waals surface area (Å²) in [5.41, 5.74) is -8.86. The molecule has 44 heavy (non-hydrogen) atoms. The van der Waals surface area contributed by atoms with Crippen LogP contribution in [-0.2, 0) is 29.8 Å². The summed E-state index contributed by atoms with van der Waals surface area (Å²) in [6.07, 6.45) is -18.9. The Morgan fingerprint density at radius 3 is 2.02 bits per heavy atom. The predicted octanol–water partition coefficient (Wildman–Crippen LogP) is 9.76. The zero-order chi connectivity index (χ0) is 38.9. The Hall–Kier alpha value is -3.97. The Kier molecular flexibility index (Phi) is 6.37. The van der Waals surface area contributed by atoms with E-state index in [1.54, 1.807) is 0 Å². The molecule has 1 aliphatic rings. The van der Waals surface area contributed by atoms with E-state index in [1.807, 2.05) is 0 Å². The van der Waals surface area contributed by atoms with Crippen molar-refractivity contribution in [3.05, 3.63) is 87.7 Å². The van der Waals surface area contributed by atoms with Crippen molar-refractivity contribution >= 4 is 6.09 Å². The van der Waals surface area contributed by atoms with Gasteiger partial charge in [0.15, 0.2) is 0 Å². The van der Waals surface area contributed by atoms with Crippen LogP contribution in [0.5, 0.6) is 5.75 Å². The average Bonchev–Trinajstić information content (AvgIpc) is 3.26. The van der Waals surface area contributed by atoms with E-state index in [0.717, 1.165) is 20.1 Å². The van der Waals surface area contributed by atoms with Crippen molar-refractivity contribution in [3.63, 3.8) is 0 Å². The molecule has 0 bridgehead atoms. The van der Waals surface area contributed by atoms with Crippen LogP contribution in [0, 0.1) is 5.82 Å². The maximum Gasteiger partial charge on any atom is 0.416 e. The fourth-order valence-corrected chi connectivity index (χ4v) is 4.87. The lowest BCUT2D eigenvalue weighted by molar-refractivity contribution is -0.143. The smallest absolute Gasteiger partial charge is 0.416 e. The van der Waals surface area contributed by atoms with Crippen LogP contribution < -0.4 is 4.74 Å². The summed E-state index contributed by atoms with van der Waals surface area (Å²) < 4.78 is 205. The van der Waals surface area contributed by atoms with Gasteiger partial charge in [-0.15, -0.1) is 0 Å². The highest BCUT2D eigenvalue weighted by Gasteiger charge is 2.44. The van der Waals surface area contributed by atoms with Crippen LogP contribution in [0.2, 0.25) is 0 Å². The van der Waals surface area contributed by atoms with E-state index in [2.05, 4.69) is 0 Å². The van der Waals surface area contributed by atoms with Crippen molar-refractivity contribution in [2.75, 3.05) is 7.11 Å². The summed E-state index contributed by atoms with van der Waals surface area (Å²) >= 11 is 0. The lowest BCUT2D eigenvalue weighted by Gasteiger charge is -2.25. The first-order valence-corrected chi connectivity index (χ1v) is 12.4. The van der Waals surface area contributed by atoms with E-state index >= 15 is 4.39 Å². The number of halogens is 10. The van der Waals surface area contributed by atoms with Gasteiger partial charge in [-0.2, -0.15) is 39.5 Å². The molecule has 1 heterocycles. The first-order chi connectivity index (χ1) is 23.0. The zero-order valence-corrected chi connectivity index (χ0v) is 22.4. The number of rotatable bonds is 6. The standard InChI is InChI=1S/C30H25F10NO3/c1-14(2)24-22(31)7-8-23(43-4)25(24)21-6-5-18(28(32,33)34)11-17(21)13-41-15(3)26(44-27(41)42)16-9-19(29(35,36)37)12-20(10-16)30(38,39)40/h5-12,14-15,26H,13H2,1-4H3/t15-,26-/m0/s1/i1D3,2D3,14D. The number of cyclic esters (lactones) is 1. The minimum absolute atomic E-state index is 0.160. The average molecular weight is 645 g/mol. The van der Waals surface area contributed by atoms with Gasteiger partial charge in [-0.05, 0) is 72.0 Å². The molecule has 4 nitrogen and oxygen atoms in total. The Balaban J connectivity index is 1.96. The number of alkyl halides is 9. The molecule has 14 heteroatoms. The van der Waals surface area contributed by atoms with Gasteiger partial charge in [-0.1, -0.05) is 19.8 Å². The van der Waals surface area contributed by atoms with Crippen LogP contribution in [0.3, 0.4) is 0 Å². The molecule has 0 unspecified atom stereocenters. The van der Waals surface area contributed by atoms with E-state index in [0.29, 0.717) is 41.3 Å². The van der Waals surface area contributed by atoms with Crippen LogP contribution >= 0.6 is 0 Å². The van der Waals surface area contributed by atoms with Crippen molar-refractivity contribution < 1.29 is 67.8 Å². The fourth-order valence-electron chi connectivity index (χ4n) is 4.87. The molecule has 4 rings (SSSR count). The van der Waals surface area contributed by atoms with Gasteiger partial charge in [0, 0.05) is 20.7 Å². The van der Waals surface area contributed by atoms with Crippen molar-refractivity contribution in [1.29, 1.82) is 0 Å². The third-order valence-corrected chi connectivity index (χ3v) is 6.96. The van der Waals surface area contributed by atoms with Crippen molar-refractivity contribution in [2.24, 2.45) is 0 Å². The van der Waals surface area contributed by atoms with Crippen LogP contribution in [0.25, 0.3) is 11.1 Å². The third-order valence-electron chi connectivity index (χ3n) is 6.96. The van der Waals surface area contributed by atoms with E-state index in [-0.39, 0.29) is 6.07 Å². The molecule has 0 N–H and O–H groups in total. The Morgan fingerprint density at radius 2 is 1.50 bits per heavy atom. The summed E-state index contributed by atoms with van der Waals surface area (Å²) in [5.74, 6) is -5.84. The minimum Gasteiger partial charge on any atom is -0.496 e. The van der Waals surface area contributed by atoms with Gasteiger partial charge in [-0.3, -0.25) is 4.90 Å². The highest BCUT2D eigenvalue weighted by molar-refractivity contribution is 5.79. The second kappa shape index (κ2) is 11.5. The van der Waals surface area contributed by atoms with Crippen molar-refractivity contribution in [1.82, 2.24) is 4.90 Å². The van der Waals surface area contributed by atoms with Gasteiger partial charge < -0.3 is 9.47 Å². The second-order valence-electron chi connectivity index (χ2n) is 9.76. The lowest BCUT2D eigenvalue weighted by atomic mass is 9.88. The number of carbonyl (C=O) groups is 1. The number of ether oxygens (including phenoxy) is 2. The fraction of sp³-hybridized carbons (Fsp3) is 0.367. The SMILES string of the molecule is [2H]C([2H])([2H])C([2H])(c1c(F)ccc(OC)c1-c1ccc(C(F)(F)F)cc1CN1C(=O)O[C@H](c2cc(C(F)(F)F)cc(C(F)(F)F)c2)[C@@H]1C)C([2H])([2H])[2H]. The molecule has 0 radical (unpaired) electrons. The first-order valence-electron chi connectivity index (χ1n) is 15.9. The number of benzene rings is 3. The molecule has 0 saturated carbocycles. The van der Waals surface area contributed by atoms with Gasteiger partial charge in [0.25, 0.3) is 0 Å². The van der Waals surface area contributed by atoms with Gasteiger partial charge >= 0.3 is 24.6 Å². The molecule has 1 amide bonds. The molecule has 3 aromatic rings. The topological polar surface area (TPSA) is 38.8 Å². The molecule has 0 aromatic heterocycles. The molecule has 1 aliphatic heterocycles. The number of methoxy groups -OCH3 is 1. The van der Waals surface area contributed by atoms with Crippen molar-refractivity contribution in [2.45, 2.75) is 63.7 Å². The molecule has 0 aliphatic carbocycles. The molecule has 0 spiro atoms. The van der Waals surface area contributed by atoms with E-state index < -0.39 is 119 Å². The second-order valence-corrected chi connectivity index (χ2v) is 9.76. The van der Waals surface area contributed by atoms with Crippen LogP contribution in [0.1, 0.15) is 75.6 Å². The lowest BCUT2D eigenvalue weighted by Crippen LogP contribution is -2.32. The van der Waals surface area contributed by atoms with E-state index in [4.69, 9.17) is 19.1 Å². The molecule has 2 atom stereocenters. The Morgan fingerprint density at radius 1 is 0.909 bits per heavy atom. The maximum atomic E-state index is 15.7. The Labute approximate surface area is 255 Å². The zero-order valence-electron chi connectivity index (χ0n) is 29.4. The van der Waals surface area contributed by atoms with Crippen LogP contribution in [-0.4, -0.2) is 24.1 Å². The number of hydrogen-bond donors (Lipinski definition) is 0. The number of nitrogens with zero attached hydrogens (tertiary/aromatic N) is 1. The summed E-state index contributed by atoms with van der Waals surface area (Å²) in [4.78, 5) is 13.7.